The van der Waals surface area contributed by atoms with E-state index in [1.165, 1.54) is 0 Å². The lowest BCUT2D eigenvalue weighted by molar-refractivity contribution is 0.361. The molecule has 0 aliphatic heterocycles. The van der Waals surface area contributed by atoms with Crippen LogP contribution in [0.2, 0.25) is 0 Å². The predicted molar refractivity (Wildman–Crippen MR) is 48.4 cm³/mol. The van der Waals surface area contributed by atoms with Gasteiger partial charge >= 0.3 is 0 Å². The van der Waals surface area contributed by atoms with Gasteiger partial charge in [-0.3, -0.25) is 0 Å². The van der Waals surface area contributed by atoms with Crippen LogP contribution in [0.4, 0.5) is 0 Å². The van der Waals surface area contributed by atoms with Gasteiger partial charge in [-0.2, -0.15) is 4.98 Å². The third-order valence-electron chi connectivity index (χ3n) is 1.35. The van der Waals surface area contributed by atoms with Crippen LogP contribution in [0.3, 0.4) is 0 Å². The average Bonchev–Trinajstić information content (AvgIpc) is 2.37. The first-order chi connectivity index (χ1) is 5.24. The highest BCUT2D eigenvalue weighted by Crippen LogP contribution is 2.10. The molecule has 12 heavy (non-hydrogen) atoms. The van der Waals surface area contributed by atoms with Gasteiger partial charge in [-0.15, -0.1) is 12.4 Å². The largest absolute Gasteiger partial charge is 0.339 e. The van der Waals surface area contributed by atoms with Crippen LogP contribution in [-0.4, -0.2) is 16.7 Å². The molecule has 0 spiro atoms. The number of hydrogen-bond donors (Lipinski definition) is 1. The summed E-state index contributed by atoms with van der Waals surface area (Å²) >= 11 is 0. The Hall–Kier alpha value is -0.610. The van der Waals surface area contributed by atoms with Crippen LogP contribution in [0.1, 0.15) is 31.5 Å². The molecular formula is C7H14ClN3O. The van der Waals surface area contributed by atoms with Gasteiger partial charge in [-0.25, -0.2) is 0 Å². The molecule has 0 aliphatic rings. The summed E-state index contributed by atoms with van der Waals surface area (Å²) in [4.78, 5) is 4.14. The van der Waals surface area contributed by atoms with Gasteiger partial charge in [-0.1, -0.05) is 19.0 Å². The molecule has 0 aromatic carbocycles. The summed E-state index contributed by atoms with van der Waals surface area (Å²) in [5.41, 5.74) is 5.32. The molecule has 0 aliphatic carbocycles. The molecule has 2 N–H and O–H groups in total. The summed E-state index contributed by atoms with van der Waals surface area (Å²) in [5.74, 6) is 1.69. The Kier molecular flexibility index (Phi) is 4.85. The smallest absolute Gasteiger partial charge is 0.229 e. The molecular weight excluding hydrogens is 178 g/mol. The molecule has 0 fully saturated rings. The summed E-state index contributed by atoms with van der Waals surface area (Å²) in [6.45, 7) is 4.59. The SMILES string of the molecule is CC(C)c1nc(CCN)no1.Cl. The van der Waals surface area contributed by atoms with Crippen LogP contribution in [0.25, 0.3) is 0 Å². The summed E-state index contributed by atoms with van der Waals surface area (Å²) in [7, 11) is 0. The zero-order valence-electron chi connectivity index (χ0n) is 7.28. The minimum absolute atomic E-state index is 0. The summed E-state index contributed by atoms with van der Waals surface area (Å²) in [6, 6.07) is 0. The molecule has 0 saturated heterocycles. The highest BCUT2D eigenvalue weighted by Gasteiger charge is 2.08. The van der Waals surface area contributed by atoms with Crippen molar-refractivity contribution in [3.63, 3.8) is 0 Å². The lowest BCUT2D eigenvalue weighted by Crippen LogP contribution is -2.04. The first-order valence-corrected chi connectivity index (χ1v) is 3.76. The van der Waals surface area contributed by atoms with E-state index in [0.29, 0.717) is 30.6 Å². The van der Waals surface area contributed by atoms with Crippen LogP contribution in [0.15, 0.2) is 4.52 Å². The van der Waals surface area contributed by atoms with E-state index in [0.717, 1.165) is 0 Å². The second-order valence-electron chi connectivity index (χ2n) is 2.74. The quantitative estimate of drug-likeness (QED) is 0.778. The van der Waals surface area contributed by atoms with Crippen molar-refractivity contribution in [3.05, 3.63) is 11.7 Å². The second kappa shape index (κ2) is 5.11. The fourth-order valence-corrected chi connectivity index (χ4v) is 0.733. The molecule has 1 aromatic heterocycles. The van der Waals surface area contributed by atoms with Gasteiger partial charge in [0.1, 0.15) is 0 Å². The van der Waals surface area contributed by atoms with Crippen LogP contribution < -0.4 is 5.73 Å². The minimum Gasteiger partial charge on any atom is -0.339 e. The number of nitrogens with two attached hydrogens (primary N) is 1. The second-order valence-corrected chi connectivity index (χ2v) is 2.74. The van der Waals surface area contributed by atoms with E-state index >= 15 is 0 Å². The topological polar surface area (TPSA) is 64.9 Å². The lowest BCUT2D eigenvalue weighted by Gasteiger charge is -1.91. The molecule has 0 atom stereocenters. The Morgan fingerprint density at radius 3 is 2.58 bits per heavy atom. The third kappa shape index (κ3) is 2.79. The average molecular weight is 192 g/mol. The highest BCUT2D eigenvalue weighted by atomic mass is 35.5. The Morgan fingerprint density at radius 1 is 1.50 bits per heavy atom. The van der Waals surface area contributed by atoms with E-state index in [2.05, 4.69) is 10.1 Å². The normalized spacial score (nSPS) is 10.0. The van der Waals surface area contributed by atoms with E-state index in [1.807, 2.05) is 13.8 Å². The molecule has 4 nitrogen and oxygen atoms in total. The fraction of sp³-hybridized carbons (Fsp3) is 0.714. The number of aromatic nitrogens is 2. The molecule has 0 bridgehead atoms. The van der Waals surface area contributed by atoms with Crippen LogP contribution >= 0.6 is 12.4 Å². The Labute approximate surface area is 77.9 Å². The van der Waals surface area contributed by atoms with Gasteiger partial charge in [0.2, 0.25) is 5.89 Å². The van der Waals surface area contributed by atoms with Crippen LogP contribution in [-0.2, 0) is 6.42 Å². The van der Waals surface area contributed by atoms with Gasteiger partial charge < -0.3 is 10.3 Å². The zero-order chi connectivity index (χ0) is 8.27. The Morgan fingerprint density at radius 2 is 2.17 bits per heavy atom. The highest BCUT2D eigenvalue weighted by molar-refractivity contribution is 5.85. The van der Waals surface area contributed by atoms with Crippen molar-refractivity contribution in [1.29, 1.82) is 0 Å². The Balaban J connectivity index is 0.00000121. The third-order valence-corrected chi connectivity index (χ3v) is 1.35. The molecule has 1 aromatic rings. The maximum atomic E-state index is 5.32. The van der Waals surface area contributed by atoms with Crippen LogP contribution in [0, 0.1) is 0 Å². The van der Waals surface area contributed by atoms with Crippen molar-refractivity contribution >= 4 is 12.4 Å². The van der Waals surface area contributed by atoms with Gasteiger partial charge in [-0.05, 0) is 6.54 Å². The summed E-state index contributed by atoms with van der Waals surface area (Å²) in [6.07, 6.45) is 0.691. The summed E-state index contributed by atoms with van der Waals surface area (Å²) in [5, 5.41) is 3.76. The number of hydrogen-bond acceptors (Lipinski definition) is 4. The standard InChI is InChI=1S/C7H13N3O.ClH/c1-5(2)7-9-6(3-4-8)10-11-7;/h5H,3-4,8H2,1-2H3;1H. The molecule has 70 valence electrons. The monoisotopic (exact) mass is 191 g/mol. The van der Waals surface area contributed by atoms with Gasteiger partial charge in [0.05, 0.1) is 0 Å². The molecule has 1 rings (SSSR count). The molecule has 0 saturated carbocycles. The van der Waals surface area contributed by atoms with Gasteiger partial charge in [0.25, 0.3) is 0 Å². The first kappa shape index (κ1) is 11.4. The summed E-state index contributed by atoms with van der Waals surface area (Å²) < 4.78 is 4.96. The van der Waals surface area contributed by atoms with Gasteiger partial charge in [0, 0.05) is 12.3 Å². The molecule has 1 heterocycles. The molecule has 0 radical (unpaired) electrons. The predicted octanol–water partition coefficient (Wildman–Crippen LogP) is 1.12. The zero-order valence-corrected chi connectivity index (χ0v) is 8.10. The number of rotatable bonds is 3. The lowest BCUT2D eigenvalue weighted by atomic mass is 10.2. The minimum atomic E-state index is 0. The molecule has 0 amide bonds. The van der Waals surface area contributed by atoms with Gasteiger partial charge in [0.15, 0.2) is 5.82 Å². The maximum Gasteiger partial charge on any atom is 0.229 e. The molecule has 0 unspecified atom stereocenters. The first-order valence-electron chi connectivity index (χ1n) is 3.76. The van der Waals surface area contributed by atoms with E-state index in [-0.39, 0.29) is 12.4 Å². The maximum absolute atomic E-state index is 5.32. The van der Waals surface area contributed by atoms with Crippen molar-refractivity contribution in [1.82, 2.24) is 10.1 Å². The molecule has 5 heteroatoms. The van der Waals surface area contributed by atoms with Crippen molar-refractivity contribution < 1.29 is 4.52 Å². The van der Waals surface area contributed by atoms with Crippen molar-refractivity contribution in [2.75, 3.05) is 6.54 Å². The van der Waals surface area contributed by atoms with Crippen LogP contribution in [0.5, 0.6) is 0 Å². The van der Waals surface area contributed by atoms with Crippen molar-refractivity contribution in [3.8, 4) is 0 Å². The Bertz CT molecular complexity index is 224. The number of nitrogens with zero attached hydrogens (tertiary/aromatic N) is 2. The number of halogens is 1. The van der Waals surface area contributed by atoms with E-state index in [4.69, 9.17) is 10.3 Å². The van der Waals surface area contributed by atoms with Crippen molar-refractivity contribution in [2.45, 2.75) is 26.2 Å². The van der Waals surface area contributed by atoms with E-state index < -0.39 is 0 Å². The van der Waals surface area contributed by atoms with Crippen molar-refractivity contribution in [2.24, 2.45) is 5.73 Å². The van der Waals surface area contributed by atoms with E-state index in [1.54, 1.807) is 0 Å². The van der Waals surface area contributed by atoms with E-state index in [9.17, 15) is 0 Å². The fourth-order valence-electron chi connectivity index (χ4n) is 0.733.